The number of piperidine rings is 1. The minimum absolute atomic E-state index is 0.324. The Hall–Kier alpha value is -2.73. The van der Waals surface area contributed by atoms with Crippen LogP contribution < -0.4 is 0 Å². The molecule has 3 aromatic carbocycles. The number of rotatable bonds is 8. The number of hydrogen-bond donors (Lipinski definition) is 0. The van der Waals surface area contributed by atoms with Gasteiger partial charge in [-0.3, -0.25) is 4.90 Å². The second kappa shape index (κ2) is 10.9. The van der Waals surface area contributed by atoms with E-state index >= 15 is 0 Å². The summed E-state index contributed by atoms with van der Waals surface area (Å²) in [6, 6.07) is 29.7. The van der Waals surface area contributed by atoms with Crippen LogP contribution in [0.1, 0.15) is 29.9 Å². The number of likely N-dealkylation sites (tertiary alicyclic amines) is 1. The van der Waals surface area contributed by atoms with E-state index in [-0.39, 0.29) is 0 Å². The van der Waals surface area contributed by atoms with E-state index in [2.05, 4.69) is 53.4 Å². The first-order valence-corrected chi connectivity index (χ1v) is 13.0. The molecule has 1 aliphatic rings. The molecule has 1 aliphatic heterocycles. The lowest BCUT2D eigenvalue weighted by molar-refractivity contribution is 0.235. The maximum atomic E-state index is 12.9. The minimum Gasteiger partial charge on any atom is -0.299 e. The molecular formula is C28H32N2O2S. The first-order valence-electron chi connectivity index (χ1n) is 11.6. The molecule has 0 amide bonds. The van der Waals surface area contributed by atoms with Crippen LogP contribution in [0.15, 0.2) is 102 Å². The Morgan fingerprint density at radius 2 is 1.42 bits per heavy atom. The van der Waals surface area contributed by atoms with Crippen LogP contribution in [0.25, 0.3) is 5.57 Å². The Morgan fingerprint density at radius 1 is 0.879 bits per heavy atom. The average Bonchev–Trinajstić information content (AvgIpc) is 2.88. The molecule has 1 fully saturated rings. The van der Waals surface area contributed by atoms with Crippen LogP contribution in [0.5, 0.6) is 0 Å². The van der Waals surface area contributed by atoms with Crippen molar-refractivity contribution in [3.63, 3.8) is 0 Å². The van der Waals surface area contributed by atoms with Gasteiger partial charge in [-0.25, -0.2) is 8.42 Å². The Morgan fingerprint density at radius 3 is 2.03 bits per heavy atom. The molecule has 0 atom stereocenters. The molecule has 0 radical (unpaired) electrons. The van der Waals surface area contributed by atoms with Crippen molar-refractivity contribution < 1.29 is 8.42 Å². The second-order valence-electron chi connectivity index (χ2n) is 8.66. The maximum absolute atomic E-state index is 12.9. The van der Waals surface area contributed by atoms with Gasteiger partial charge in [0.2, 0.25) is 10.0 Å². The second-order valence-corrected chi connectivity index (χ2v) is 10.7. The van der Waals surface area contributed by atoms with Crippen molar-refractivity contribution in [3.8, 4) is 0 Å². The summed E-state index contributed by atoms with van der Waals surface area (Å²) in [7, 11) is -1.87. The highest BCUT2D eigenvalue weighted by Crippen LogP contribution is 2.29. The highest BCUT2D eigenvalue weighted by atomic mass is 32.2. The third-order valence-electron chi connectivity index (χ3n) is 6.44. The summed E-state index contributed by atoms with van der Waals surface area (Å²) >= 11 is 0. The van der Waals surface area contributed by atoms with Crippen molar-refractivity contribution >= 4 is 15.6 Å². The van der Waals surface area contributed by atoms with E-state index in [1.807, 2.05) is 24.3 Å². The number of sulfonamides is 1. The average molecular weight is 461 g/mol. The molecule has 0 unspecified atom stereocenters. The van der Waals surface area contributed by atoms with Gasteiger partial charge in [-0.15, -0.1) is 0 Å². The van der Waals surface area contributed by atoms with E-state index in [0.717, 1.165) is 38.0 Å². The smallest absolute Gasteiger partial charge is 0.243 e. The lowest BCUT2D eigenvalue weighted by atomic mass is 9.89. The minimum atomic E-state index is -3.51. The van der Waals surface area contributed by atoms with Crippen LogP contribution in [-0.2, 0) is 10.0 Å². The SMILES string of the molecule is CN(CC=C(CN1CCC(c2ccccc2)CC1)c1ccccc1)S(=O)(=O)c1ccccc1. The van der Waals surface area contributed by atoms with Crippen molar-refractivity contribution in [2.24, 2.45) is 0 Å². The molecule has 0 spiro atoms. The van der Waals surface area contributed by atoms with Crippen LogP contribution in [0.4, 0.5) is 0 Å². The van der Waals surface area contributed by atoms with E-state index in [1.54, 1.807) is 31.3 Å². The molecule has 0 N–H and O–H groups in total. The summed E-state index contributed by atoms with van der Waals surface area (Å²) < 4.78 is 27.3. The largest absolute Gasteiger partial charge is 0.299 e. The fraction of sp³-hybridized carbons (Fsp3) is 0.286. The molecule has 4 nitrogen and oxygen atoms in total. The van der Waals surface area contributed by atoms with Gasteiger partial charge < -0.3 is 0 Å². The summed E-state index contributed by atoms with van der Waals surface area (Å²) in [4.78, 5) is 2.81. The van der Waals surface area contributed by atoms with Crippen LogP contribution >= 0.6 is 0 Å². The predicted molar refractivity (Wildman–Crippen MR) is 136 cm³/mol. The number of likely N-dealkylation sites (N-methyl/N-ethyl adjacent to an activating group) is 1. The molecule has 5 heteroatoms. The quantitative estimate of drug-likeness (QED) is 0.460. The zero-order valence-corrected chi connectivity index (χ0v) is 20.0. The van der Waals surface area contributed by atoms with E-state index in [1.165, 1.54) is 15.4 Å². The topological polar surface area (TPSA) is 40.6 Å². The third-order valence-corrected chi connectivity index (χ3v) is 8.28. The third kappa shape index (κ3) is 5.99. The van der Waals surface area contributed by atoms with Gasteiger partial charge in [0.15, 0.2) is 0 Å². The Balaban J connectivity index is 1.45. The van der Waals surface area contributed by atoms with Crippen LogP contribution in [0, 0.1) is 0 Å². The summed E-state index contributed by atoms with van der Waals surface area (Å²) in [5, 5.41) is 0. The zero-order valence-electron chi connectivity index (χ0n) is 19.2. The summed E-state index contributed by atoms with van der Waals surface area (Å²) in [6.07, 6.45) is 4.36. The van der Waals surface area contributed by atoms with Crippen molar-refractivity contribution in [1.82, 2.24) is 9.21 Å². The normalized spacial score (nSPS) is 16.2. The first kappa shape index (κ1) is 23.4. The van der Waals surface area contributed by atoms with Crippen LogP contribution in [0.2, 0.25) is 0 Å². The number of benzene rings is 3. The fourth-order valence-electron chi connectivity index (χ4n) is 4.43. The van der Waals surface area contributed by atoms with Gasteiger partial charge in [-0.2, -0.15) is 4.31 Å². The Bertz CT molecular complexity index is 1140. The van der Waals surface area contributed by atoms with Gasteiger partial charge >= 0.3 is 0 Å². The molecule has 4 rings (SSSR count). The molecule has 1 heterocycles. The monoisotopic (exact) mass is 460 g/mol. The van der Waals surface area contributed by atoms with Crippen LogP contribution in [0.3, 0.4) is 0 Å². The van der Waals surface area contributed by atoms with E-state index in [0.29, 0.717) is 17.4 Å². The van der Waals surface area contributed by atoms with Gasteiger partial charge in [0.25, 0.3) is 0 Å². The number of hydrogen-bond acceptors (Lipinski definition) is 3. The number of nitrogens with zero attached hydrogens (tertiary/aromatic N) is 2. The lowest BCUT2D eigenvalue weighted by Crippen LogP contribution is -2.34. The zero-order chi connectivity index (χ0) is 23.1. The Labute approximate surface area is 198 Å². The molecule has 0 bridgehead atoms. The predicted octanol–water partition coefficient (Wildman–Crippen LogP) is 5.27. The van der Waals surface area contributed by atoms with Crippen molar-refractivity contribution in [1.29, 1.82) is 0 Å². The van der Waals surface area contributed by atoms with Gasteiger partial charge in [-0.05, 0) is 60.7 Å². The molecular weight excluding hydrogens is 428 g/mol. The molecule has 0 aliphatic carbocycles. The van der Waals surface area contributed by atoms with Crippen LogP contribution in [-0.4, -0.2) is 50.8 Å². The molecule has 1 saturated heterocycles. The lowest BCUT2D eigenvalue weighted by Gasteiger charge is -2.33. The first-order chi connectivity index (χ1) is 16.0. The van der Waals surface area contributed by atoms with Gasteiger partial charge in [0, 0.05) is 20.1 Å². The highest BCUT2D eigenvalue weighted by molar-refractivity contribution is 7.89. The van der Waals surface area contributed by atoms with E-state index in [9.17, 15) is 8.42 Å². The van der Waals surface area contributed by atoms with Gasteiger partial charge in [-0.1, -0.05) is 84.9 Å². The fourth-order valence-corrected chi connectivity index (χ4v) is 5.56. The molecule has 0 aromatic heterocycles. The maximum Gasteiger partial charge on any atom is 0.243 e. The van der Waals surface area contributed by atoms with E-state index < -0.39 is 10.0 Å². The van der Waals surface area contributed by atoms with Gasteiger partial charge in [0.1, 0.15) is 0 Å². The van der Waals surface area contributed by atoms with Crippen molar-refractivity contribution in [3.05, 3.63) is 108 Å². The summed E-state index contributed by atoms with van der Waals surface area (Å²) in [5.41, 5.74) is 3.75. The van der Waals surface area contributed by atoms with Crippen molar-refractivity contribution in [2.75, 3.05) is 33.2 Å². The van der Waals surface area contributed by atoms with Crippen molar-refractivity contribution in [2.45, 2.75) is 23.7 Å². The molecule has 3 aromatic rings. The molecule has 0 saturated carbocycles. The Kier molecular flexibility index (Phi) is 7.76. The molecule has 33 heavy (non-hydrogen) atoms. The summed E-state index contributed by atoms with van der Waals surface area (Å²) in [6.45, 7) is 3.25. The summed E-state index contributed by atoms with van der Waals surface area (Å²) in [5.74, 6) is 0.619. The standard InChI is InChI=1S/C28H32N2O2S/c1-29(33(31,32)28-15-9-4-10-16-28)20-17-27(25-13-7-3-8-14-25)23-30-21-18-26(19-22-30)24-11-5-2-6-12-24/h2-17,26H,18-23H2,1H3. The van der Waals surface area contributed by atoms with E-state index in [4.69, 9.17) is 0 Å². The highest BCUT2D eigenvalue weighted by Gasteiger charge is 2.22. The van der Waals surface area contributed by atoms with Gasteiger partial charge in [0.05, 0.1) is 4.90 Å². The molecule has 172 valence electrons.